The molecule has 13 heavy (non-hydrogen) atoms. The van der Waals surface area contributed by atoms with Crippen LogP contribution in [-0.2, 0) is 0 Å². The first kappa shape index (κ1) is 9.73. The Balaban J connectivity index is 2.93. The first-order valence-electron chi connectivity index (χ1n) is 4.06. The van der Waals surface area contributed by atoms with E-state index in [4.69, 9.17) is 10.8 Å². The summed E-state index contributed by atoms with van der Waals surface area (Å²) >= 11 is 0. The highest BCUT2D eigenvalue weighted by atomic mass is 16.3. The van der Waals surface area contributed by atoms with E-state index in [1.165, 1.54) is 6.33 Å². The molecule has 5 nitrogen and oxygen atoms in total. The van der Waals surface area contributed by atoms with Gasteiger partial charge in [0.25, 0.3) is 0 Å². The third kappa shape index (κ3) is 2.06. The van der Waals surface area contributed by atoms with Crippen molar-refractivity contribution in [2.45, 2.75) is 6.92 Å². The normalized spacial score (nSPS) is 10.1. The van der Waals surface area contributed by atoms with E-state index in [-0.39, 0.29) is 6.61 Å². The molecule has 0 saturated heterocycles. The van der Waals surface area contributed by atoms with Crippen molar-refractivity contribution in [1.29, 1.82) is 0 Å². The van der Waals surface area contributed by atoms with E-state index in [1.54, 1.807) is 0 Å². The molecule has 0 radical (unpaired) electrons. The fourth-order valence-corrected chi connectivity index (χ4v) is 1.09. The zero-order valence-corrected chi connectivity index (χ0v) is 7.86. The predicted octanol–water partition coefficient (Wildman–Crippen LogP) is -0.204. The summed E-state index contributed by atoms with van der Waals surface area (Å²) in [6.45, 7) is 2.50. The molecule has 0 aliphatic rings. The van der Waals surface area contributed by atoms with E-state index in [1.807, 2.05) is 18.9 Å². The highest BCUT2D eigenvalue weighted by Gasteiger charge is 2.07. The lowest BCUT2D eigenvalue weighted by atomic mass is 10.3. The number of hydrogen-bond donors (Lipinski definition) is 2. The maximum absolute atomic E-state index is 8.74. The minimum absolute atomic E-state index is 0.0971. The second-order valence-corrected chi connectivity index (χ2v) is 2.85. The highest BCUT2D eigenvalue weighted by molar-refractivity contribution is 5.55. The molecule has 0 unspecified atom stereocenters. The van der Waals surface area contributed by atoms with E-state index in [2.05, 4.69) is 9.97 Å². The molecule has 5 heteroatoms. The molecular weight excluding hydrogens is 168 g/mol. The number of nitrogens with zero attached hydrogens (tertiary/aromatic N) is 3. The lowest BCUT2D eigenvalue weighted by Gasteiger charge is -2.18. The van der Waals surface area contributed by atoms with Crippen LogP contribution in [-0.4, -0.2) is 35.3 Å². The van der Waals surface area contributed by atoms with Crippen LogP contribution in [0.5, 0.6) is 0 Å². The van der Waals surface area contributed by atoms with Gasteiger partial charge in [0.2, 0.25) is 0 Å². The number of anilines is 2. The SMILES string of the molecule is Cc1c(N)ncnc1N(C)CCO. The van der Waals surface area contributed by atoms with Crippen LogP contribution in [0.2, 0.25) is 0 Å². The maximum atomic E-state index is 8.74. The van der Waals surface area contributed by atoms with Crippen LogP contribution in [0.15, 0.2) is 6.33 Å². The van der Waals surface area contributed by atoms with Gasteiger partial charge in [0.1, 0.15) is 18.0 Å². The molecule has 0 atom stereocenters. The third-order valence-electron chi connectivity index (χ3n) is 1.89. The largest absolute Gasteiger partial charge is 0.395 e. The fraction of sp³-hybridized carbons (Fsp3) is 0.500. The van der Waals surface area contributed by atoms with Gasteiger partial charge in [-0.15, -0.1) is 0 Å². The Hall–Kier alpha value is -1.36. The molecule has 0 aliphatic heterocycles. The van der Waals surface area contributed by atoms with Gasteiger partial charge in [-0.25, -0.2) is 9.97 Å². The number of hydrogen-bond acceptors (Lipinski definition) is 5. The molecule has 1 rings (SSSR count). The Morgan fingerprint density at radius 3 is 2.85 bits per heavy atom. The topological polar surface area (TPSA) is 75.3 Å². The van der Waals surface area contributed by atoms with Crippen molar-refractivity contribution in [3.05, 3.63) is 11.9 Å². The van der Waals surface area contributed by atoms with Crippen molar-refractivity contribution >= 4 is 11.6 Å². The van der Waals surface area contributed by atoms with Crippen LogP contribution in [0.4, 0.5) is 11.6 Å². The lowest BCUT2D eigenvalue weighted by Crippen LogP contribution is -2.23. The van der Waals surface area contributed by atoms with Gasteiger partial charge in [-0.2, -0.15) is 0 Å². The molecule has 3 N–H and O–H groups in total. The average Bonchev–Trinajstić information content (AvgIpc) is 2.10. The maximum Gasteiger partial charge on any atom is 0.136 e. The standard InChI is InChI=1S/C8H14N4O/c1-6-7(9)10-5-11-8(6)12(2)3-4-13/h5,13H,3-4H2,1-2H3,(H2,9,10,11). The van der Waals surface area contributed by atoms with Crippen molar-refractivity contribution in [2.75, 3.05) is 30.8 Å². The molecular formula is C8H14N4O. The first-order valence-corrected chi connectivity index (χ1v) is 4.06. The van der Waals surface area contributed by atoms with Gasteiger partial charge in [0.15, 0.2) is 0 Å². The van der Waals surface area contributed by atoms with Gasteiger partial charge in [0, 0.05) is 19.2 Å². The first-order chi connectivity index (χ1) is 6.16. The summed E-state index contributed by atoms with van der Waals surface area (Å²) in [6.07, 6.45) is 1.42. The molecule has 1 heterocycles. The second-order valence-electron chi connectivity index (χ2n) is 2.85. The summed E-state index contributed by atoms with van der Waals surface area (Å²) < 4.78 is 0. The minimum atomic E-state index is 0.0971. The number of nitrogens with two attached hydrogens (primary N) is 1. The monoisotopic (exact) mass is 182 g/mol. The summed E-state index contributed by atoms with van der Waals surface area (Å²) in [5, 5.41) is 8.74. The van der Waals surface area contributed by atoms with Crippen LogP contribution in [0.3, 0.4) is 0 Å². The summed E-state index contributed by atoms with van der Waals surface area (Å²) in [5.74, 6) is 1.25. The Morgan fingerprint density at radius 2 is 2.23 bits per heavy atom. The molecule has 0 fully saturated rings. The molecule has 1 aromatic heterocycles. The highest BCUT2D eigenvalue weighted by Crippen LogP contribution is 2.17. The number of rotatable bonds is 3. The molecule has 0 amide bonds. The number of nitrogen functional groups attached to an aromatic ring is 1. The average molecular weight is 182 g/mol. The zero-order valence-electron chi connectivity index (χ0n) is 7.86. The molecule has 0 spiro atoms. The number of likely N-dealkylation sites (N-methyl/N-ethyl adjacent to an activating group) is 1. The van der Waals surface area contributed by atoms with Gasteiger partial charge >= 0.3 is 0 Å². The third-order valence-corrected chi connectivity index (χ3v) is 1.89. The van der Waals surface area contributed by atoms with Crippen molar-refractivity contribution < 1.29 is 5.11 Å². The van der Waals surface area contributed by atoms with Crippen LogP contribution in [0.1, 0.15) is 5.56 Å². The van der Waals surface area contributed by atoms with Crippen molar-refractivity contribution in [2.24, 2.45) is 0 Å². The summed E-state index contributed by atoms with van der Waals surface area (Å²) in [7, 11) is 1.85. The zero-order chi connectivity index (χ0) is 9.84. The molecule has 1 aromatic rings. The van der Waals surface area contributed by atoms with E-state index in [9.17, 15) is 0 Å². The molecule has 0 saturated carbocycles. The summed E-state index contributed by atoms with van der Waals surface area (Å²) in [6, 6.07) is 0. The molecule has 0 aliphatic carbocycles. The van der Waals surface area contributed by atoms with Crippen LogP contribution >= 0.6 is 0 Å². The smallest absolute Gasteiger partial charge is 0.136 e. The van der Waals surface area contributed by atoms with Gasteiger partial charge in [-0.05, 0) is 6.92 Å². The molecule has 0 bridgehead atoms. The van der Waals surface area contributed by atoms with Crippen LogP contribution in [0, 0.1) is 6.92 Å². The van der Waals surface area contributed by atoms with E-state index >= 15 is 0 Å². The van der Waals surface area contributed by atoms with Crippen LogP contribution < -0.4 is 10.6 Å². The Bertz CT molecular complexity index is 289. The molecule has 0 aromatic carbocycles. The fourth-order valence-electron chi connectivity index (χ4n) is 1.09. The number of aliphatic hydroxyl groups is 1. The van der Waals surface area contributed by atoms with Gasteiger partial charge in [-0.1, -0.05) is 0 Å². The van der Waals surface area contributed by atoms with Crippen molar-refractivity contribution in [3.8, 4) is 0 Å². The van der Waals surface area contributed by atoms with Gasteiger partial charge < -0.3 is 15.7 Å². The van der Waals surface area contributed by atoms with Gasteiger partial charge in [0.05, 0.1) is 6.61 Å². The quantitative estimate of drug-likeness (QED) is 0.677. The number of aliphatic hydroxyl groups excluding tert-OH is 1. The summed E-state index contributed by atoms with van der Waals surface area (Å²) in [4.78, 5) is 9.78. The van der Waals surface area contributed by atoms with E-state index in [0.717, 1.165) is 11.4 Å². The van der Waals surface area contributed by atoms with Crippen molar-refractivity contribution in [1.82, 2.24) is 9.97 Å². The summed E-state index contributed by atoms with van der Waals surface area (Å²) in [5.41, 5.74) is 6.46. The minimum Gasteiger partial charge on any atom is -0.395 e. The molecule has 72 valence electrons. The Kier molecular flexibility index (Phi) is 3.02. The predicted molar refractivity (Wildman–Crippen MR) is 51.5 cm³/mol. The van der Waals surface area contributed by atoms with E-state index < -0.39 is 0 Å². The lowest BCUT2D eigenvalue weighted by molar-refractivity contribution is 0.304. The second kappa shape index (κ2) is 4.04. The van der Waals surface area contributed by atoms with Crippen molar-refractivity contribution in [3.63, 3.8) is 0 Å². The number of aromatic nitrogens is 2. The Morgan fingerprint density at radius 1 is 1.54 bits per heavy atom. The Labute approximate surface area is 77.2 Å². The van der Waals surface area contributed by atoms with E-state index in [0.29, 0.717) is 12.4 Å². The van der Waals surface area contributed by atoms with Gasteiger partial charge in [-0.3, -0.25) is 0 Å². The van der Waals surface area contributed by atoms with Crippen LogP contribution in [0.25, 0.3) is 0 Å².